The Morgan fingerprint density at radius 2 is 2.00 bits per heavy atom. The van der Waals surface area contributed by atoms with Gasteiger partial charge in [-0.3, -0.25) is 0 Å². The van der Waals surface area contributed by atoms with Gasteiger partial charge in [0.2, 0.25) is 0 Å². The van der Waals surface area contributed by atoms with Gasteiger partial charge >= 0.3 is 5.97 Å². The van der Waals surface area contributed by atoms with Crippen molar-refractivity contribution < 1.29 is 22.7 Å². The maximum atomic E-state index is 13.4. The molecule has 2 aromatic carbocycles. The minimum atomic E-state index is -0.975. The summed E-state index contributed by atoms with van der Waals surface area (Å²) in [5.74, 6) is -2.45. The summed E-state index contributed by atoms with van der Waals surface area (Å²) >= 11 is 0. The van der Waals surface area contributed by atoms with Crippen LogP contribution < -0.4 is 4.74 Å². The van der Waals surface area contributed by atoms with Crippen molar-refractivity contribution >= 4 is 17.1 Å². The van der Waals surface area contributed by atoms with Crippen LogP contribution in [-0.4, -0.2) is 11.0 Å². The van der Waals surface area contributed by atoms with Crippen molar-refractivity contribution in [3.05, 3.63) is 60.0 Å². The average Bonchev–Trinajstić information content (AvgIpc) is 2.85. The molecule has 0 unspecified atom stereocenters. The van der Waals surface area contributed by atoms with E-state index in [0.29, 0.717) is 17.2 Å². The number of ether oxygens (including phenoxy) is 1. The van der Waals surface area contributed by atoms with Crippen molar-refractivity contribution in [1.82, 2.24) is 4.98 Å². The summed E-state index contributed by atoms with van der Waals surface area (Å²) in [5, 5.41) is 0. The highest BCUT2D eigenvalue weighted by Gasteiger charge is 2.15. The number of fused-ring (bicyclic) bond motifs is 1. The van der Waals surface area contributed by atoms with E-state index >= 15 is 0 Å². The molecule has 0 fully saturated rings. The van der Waals surface area contributed by atoms with E-state index in [2.05, 4.69) is 4.98 Å². The number of esters is 1. The molecule has 0 radical (unpaired) electrons. The predicted molar refractivity (Wildman–Crippen MR) is 65.3 cm³/mol. The second-order valence-electron chi connectivity index (χ2n) is 4.00. The molecule has 0 amide bonds. The highest BCUT2D eigenvalue weighted by Crippen LogP contribution is 2.21. The van der Waals surface area contributed by atoms with Crippen molar-refractivity contribution in [2.45, 2.75) is 0 Å². The maximum absolute atomic E-state index is 13.4. The van der Waals surface area contributed by atoms with Crippen molar-refractivity contribution in [2.75, 3.05) is 0 Å². The highest BCUT2D eigenvalue weighted by atomic mass is 19.1. The third-order valence-electron chi connectivity index (χ3n) is 2.66. The molecule has 0 spiro atoms. The van der Waals surface area contributed by atoms with Crippen LogP contribution in [0, 0.1) is 11.6 Å². The molecular formula is C14H7F2NO3. The second-order valence-corrected chi connectivity index (χ2v) is 4.00. The third-order valence-corrected chi connectivity index (χ3v) is 2.66. The predicted octanol–water partition coefficient (Wildman–Crippen LogP) is 3.33. The molecule has 0 atom stereocenters. The summed E-state index contributed by atoms with van der Waals surface area (Å²) in [6.45, 7) is 0. The number of carbonyl (C=O) groups is 1. The fourth-order valence-electron chi connectivity index (χ4n) is 1.72. The Kier molecular flexibility index (Phi) is 2.90. The number of aromatic nitrogens is 1. The lowest BCUT2D eigenvalue weighted by atomic mass is 10.2. The summed E-state index contributed by atoms with van der Waals surface area (Å²) in [6.07, 6.45) is 1.26. The first-order chi connectivity index (χ1) is 9.63. The molecule has 20 heavy (non-hydrogen) atoms. The first-order valence-corrected chi connectivity index (χ1v) is 5.64. The summed E-state index contributed by atoms with van der Waals surface area (Å²) in [6, 6.07) is 7.19. The van der Waals surface area contributed by atoms with Gasteiger partial charge in [-0.15, -0.1) is 0 Å². The standard InChI is InChI=1S/C14H7F2NO3/c15-8-1-3-10(11(16)5-8)14(18)20-9-2-4-13-12(6-9)17-7-19-13/h1-7H. The first kappa shape index (κ1) is 12.3. The molecule has 100 valence electrons. The smallest absolute Gasteiger partial charge is 0.346 e. The Bertz CT molecular complexity index is 798. The molecule has 0 aliphatic carbocycles. The van der Waals surface area contributed by atoms with Crippen molar-refractivity contribution in [2.24, 2.45) is 0 Å². The van der Waals surface area contributed by atoms with E-state index in [4.69, 9.17) is 9.15 Å². The normalized spacial score (nSPS) is 10.7. The van der Waals surface area contributed by atoms with Crippen LogP contribution in [0.15, 0.2) is 47.2 Å². The van der Waals surface area contributed by atoms with Crippen LogP contribution in [0.4, 0.5) is 8.78 Å². The van der Waals surface area contributed by atoms with Gasteiger partial charge in [0.1, 0.15) is 22.9 Å². The topological polar surface area (TPSA) is 52.3 Å². The minimum absolute atomic E-state index is 0.195. The van der Waals surface area contributed by atoms with E-state index in [1.807, 2.05) is 0 Å². The van der Waals surface area contributed by atoms with Crippen molar-refractivity contribution in [3.63, 3.8) is 0 Å². The Labute approximate surface area is 111 Å². The number of nitrogens with zero attached hydrogens (tertiary/aromatic N) is 1. The van der Waals surface area contributed by atoms with E-state index in [1.165, 1.54) is 18.5 Å². The van der Waals surface area contributed by atoms with Gasteiger partial charge in [0.15, 0.2) is 12.0 Å². The lowest BCUT2D eigenvalue weighted by molar-refractivity contribution is 0.0730. The van der Waals surface area contributed by atoms with Crippen LogP contribution in [0.3, 0.4) is 0 Å². The molecule has 4 nitrogen and oxygen atoms in total. The number of oxazole rings is 1. The molecule has 0 aliphatic rings. The third kappa shape index (κ3) is 2.23. The molecular weight excluding hydrogens is 268 g/mol. The van der Waals surface area contributed by atoms with Gasteiger partial charge in [0.05, 0.1) is 5.56 Å². The van der Waals surface area contributed by atoms with Gasteiger partial charge in [-0.25, -0.2) is 18.6 Å². The highest BCUT2D eigenvalue weighted by molar-refractivity contribution is 5.91. The largest absolute Gasteiger partial charge is 0.443 e. The average molecular weight is 275 g/mol. The molecule has 3 aromatic rings. The Morgan fingerprint density at radius 1 is 1.15 bits per heavy atom. The van der Waals surface area contributed by atoms with Crippen LogP contribution in [0.1, 0.15) is 10.4 Å². The monoisotopic (exact) mass is 275 g/mol. The van der Waals surface area contributed by atoms with Gasteiger partial charge in [0, 0.05) is 12.1 Å². The zero-order chi connectivity index (χ0) is 14.1. The Morgan fingerprint density at radius 3 is 2.80 bits per heavy atom. The number of halogens is 2. The summed E-state index contributed by atoms with van der Waals surface area (Å²) in [7, 11) is 0. The quantitative estimate of drug-likeness (QED) is 0.531. The number of carbonyl (C=O) groups excluding carboxylic acids is 1. The SMILES string of the molecule is O=C(Oc1ccc2ocnc2c1)c1ccc(F)cc1F. The van der Waals surface area contributed by atoms with Gasteiger partial charge < -0.3 is 9.15 Å². The minimum Gasteiger partial charge on any atom is -0.443 e. The molecule has 3 rings (SSSR count). The fourth-order valence-corrected chi connectivity index (χ4v) is 1.72. The van der Waals surface area contributed by atoms with Crippen LogP contribution in [0.25, 0.3) is 11.1 Å². The van der Waals surface area contributed by atoms with E-state index in [0.717, 1.165) is 12.1 Å². The summed E-state index contributed by atoms with van der Waals surface area (Å²) in [5.41, 5.74) is 0.708. The molecule has 1 heterocycles. The lowest BCUT2D eigenvalue weighted by Crippen LogP contribution is -2.10. The summed E-state index contributed by atoms with van der Waals surface area (Å²) in [4.78, 5) is 15.7. The zero-order valence-corrected chi connectivity index (χ0v) is 9.97. The molecule has 0 saturated carbocycles. The number of rotatable bonds is 2. The molecule has 0 N–H and O–H groups in total. The van der Waals surface area contributed by atoms with E-state index in [-0.39, 0.29) is 11.3 Å². The summed E-state index contributed by atoms with van der Waals surface area (Å²) < 4.78 is 36.3. The van der Waals surface area contributed by atoms with Gasteiger partial charge in [-0.05, 0) is 24.3 Å². The molecule has 6 heteroatoms. The number of hydrogen-bond acceptors (Lipinski definition) is 4. The van der Waals surface area contributed by atoms with Crippen LogP contribution in [-0.2, 0) is 0 Å². The van der Waals surface area contributed by atoms with Crippen LogP contribution >= 0.6 is 0 Å². The van der Waals surface area contributed by atoms with Crippen molar-refractivity contribution in [1.29, 1.82) is 0 Å². The van der Waals surface area contributed by atoms with Gasteiger partial charge in [-0.1, -0.05) is 0 Å². The second kappa shape index (κ2) is 4.73. The number of hydrogen-bond donors (Lipinski definition) is 0. The van der Waals surface area contributed by atoms with E-state index in [1.54, 1.807) is 6.07 Å². The Balaban J connectivity index is 1.87. The van der Waals surface area contributed by atoms with Gasteiger partial charge in [0.25, 0.3) is 0 Å². The van der Waals surface area contributed by atoms with Crippen LogP contribution in [0.5, 0.6) is 5.75 Å². The zero-order valence-electron chi connectivity index (χ0n) is 9.97. The van der Waals surface area contributed by atoms with Crippen molar-refractivity contribution in [3.8, 4) is 5.75 Å². The molecule has 0 saturated heterocycles. The maximum Gasteiger partial charge on any atom is 0.346 e. The molecule has 0 bridgehead atoms. The number of benzene rings is 2. The fraction of sp³-hybridized carbons (Fsp3) is 0. The van der Waals surface area contributed by atoms with Crippen LogP contribution in [0.2, 0.25) is 0 Å². The first-order valence-electron chi connectivity index (χ1n) is 5.64. The van der Waals surface area contributed by atoms with Gasteiger partial charge in [-0.2, -0.15) is 0 Å². The van der Waals surface area contributed by atoms with E-state index < -0.39 is 17.6 Å². The molecule has 1 aromatic heterocycles. The van der Waals surface area contributed by atoms with E-state index in [9.17, 15) is 13.6 Å². The lowest BCUT2D eigenvalue weighted by Gasteiger charge is -2.05. The molecule has 0 aliphatic heterocycles. The Hall–Kier alpha value is -2.76.